The predicted octanol–water partition coefficient (Wildman–Crippen LogP) is 2.99. The lowest BCUT2D eigenvalue weighted by molar-refractivity contribution is -0.154. The Balaban J connectivity index is 2.32. The van der Waals surface area contributed by atoms with Crippen LogP contribution in [0.15, 0.2) is 48.5 Å². The van der Waals surface area contributed by atoms with Gasteiger partial charge in [0.2, 0.25) is 0 Å². The number of halogens is 1. The Morgan fingerprint density at radius 1 is 0.967 bits per heavy atom. The Morgan fingerprint density at radius 2 is 1.60 bits per heavy atom. The molecule has 0 aliphatic carbocycles. The standard InChI is InChI=1S/C22H24INO6/c1-4-30-21(26)18(20(25)15-7-9-16(23)10-8-15)19(22(27)29-3)24-13-14-5-11-17(28-2)12-6-14/h5-12,18-19,24H,4,13H2,1-3H3. The summed E-state index contributed by atoms with van der Waals surface area (Å²) in [5.41, 5.74) is 1.16. The first-order chi connectivity index (χ1) is 14.4. The molecule has 0 radical (unpaired) electrons. The van der Waals surface area contributed by atoms with Crippen LogP contribution in [0.3, 0.4) is 0 Å². The molecule has 2 aromatic carbocycles. The van der Waals surface area contributed by atoms with Crippen molar-refractivity contribution in [1.82, 2.24) is 5.32 Å². The molecule has 2 aromatic rings. The molecular weight excluding hydrogens is 501 g/mol. The third kappa shape index (κ3) is 6.27. The van der Waals surface area contributed by atoms with Gasteiger partial charge in [0.1, 0.15) is 17.7 Å². The highest BCUT2D eigenvalue weighted by Crippen LogP contribution is 2.19. The van der Waals surface area contributed by atoms with E-state index in [0.717, 1.165) is 9.13 Å². The van der Waals surface area contributed by atoms with Gasteiger partial charge in [-0.25, -0.2) is 0 Å². The Morgan fingerprint density at radius 3 is 2.13 bits per heavy atom. The quantitative estimate of drug-likeness (QED) is 0.221. The van der Waals surface area contributed by atoms with Crippen LogP contribution in [0.1, 0.15) is 22.8 Å². The van der Waals surface area contributed by atoms with Gasteiger partial charge in [0, 0.05) is 15.7 Å². The first-order valence-corrected chi connectivity index (χ1v) is 10.4. The van der Waals surface area contributed by atoms with E-state index in [2.05, 4.69) is 27.9 Å². The lowest BCUT2D eigenvalue weighted by atomic mass is 9.90. The SMILES string of the molecule is CCOC(=O)C(C(=O)c1ccc(I)cc1)C(NCc1ccc(OC)cc1)C(=O)OC. The first kappa shape index (κ1) is 23.8. The predicted molar refractivity (Wildman–Crippen MR) is 119 cm³/mol. The van der Waals surface area contributed by atoms with Crippen molar-refractivity contribution in [2.45, 2.75) is 19.5 Å². The normalized spacial score (nSPS) is 12.5. The molecule has 0 amide bonds. The molecule has 0 aliphatic rings. The molecule has 160 valence electrons. The largest absolute Gasteiger partial charge is 0.497 e. The van der Waals surface area contributed by atoms with Crippen molar-refractivity contribution in [3.63, 3.8) is 0 Å². The minimum absolute atomic E-state index is 0.0850. The van der Waals surface area contributed by atoms with Crippen molar-refractivity contribution in [1.29, 1.82) is 0 Å². The number of hydrogen-bond acceptors (Lipinski definition) is 7. The van der Waals surface area contributed by atoms with Gasteiger partial charge in [0.05, 0.1) is 20.8 Å². The first-order valence-electron chi connectivity index (χ1n) is 9.31. The van der Waals surface area contributed by atoms with Crippen molar-refractivity contribution in [3.8, 4) is 5.75 Å². The van der Waals surface area contributed by atoms with Gasteiger partial charge >= 0.3 is 11.9 Å². The maximum absolute atomic E-state index is 13.2. The van der Waals surface area contributed by atoms with Crippen LogP contribution in [0.4, 0.5) is 0 Å². The highest BCUT2D eigenvalue weighted by Gasteiger charge is 2.41. The molecular formula is C22H24INO6. The van der Waals surface area contributed by atoms with Crippen molar-refractivity contribution in [2.75, 3.05) is 20.8 Å². The molecule has 7 nitrogen and oxygen atoms in total. The molecule has 0 bridgehead atoms. The van der Waals surface area contributed by atoms with Crippen LogP contribution in [0.2, 0.25) is 0 Å². The van der Waals surface area contributed by atoms with Crippen molar-refractivity contribution >= 4 is 40.3 Å². The molecule has 0 aromatic heterocycles. The lowest BCUT2D eigenvalue weighted by Crippen LogP contribution is -2.50. The van der Waals surface area contributed by atoms with E-state index >= 15 is 0 Å². The van der Waals surface area contributed by atoms with Crippen molar-refractivity contribution < 1.29 is 28.6 Å². The fourth-order valence-electron chi connectivity index (χ4n) is 2.86. The summed E-state index contributed by atoms with van der Waals surface area (Å²) >= 11 is 2.12. The fourth-order valence-corrected chi connectivity index (χ4v) is 3.22. The highest BCUT2D eigenvalue weighted by atomic mass is 127. The zero-order valence-corrected chi connectivity index (χ0v) is 19.2. The maximum atomic E-state index is 13.2. The number of carbonyl (C=O) groups excluding carboxylic acids is 3. The molecule has 8 heteroatoms. The second-order valence-electron chi connectivity index (χ2n) is 6.33. The van der Waals surface area contributed by atoms with Crippen LogP contribution in [0, 0.1) is 9.49 Å². The summed E-state index contributed by atoms with van der Waals surface area (Å²) in [6.45, 7) is 1.96. The Labute approximate surface area is 189 Å². The number of ether oxygens (including phenoxy) is 3. The van der Waals surface area contributed by atoms with E-state index in [-0.39, 0.29) is 13.2 Å². The van der Waals surface area contributed by atoms with Gasteiger partial charge in [-0.15, -0.1) is 0 Å². The van der Waals surface area contributed by atoms with Crippen LogP contribution in [-0.2, 0) is 25.6 Å². The number of benzene rings is 2. The van der Waals surface area contributed by atoms with Crippen LogP contribution >= 0.6 is 22.6 Å². The summed E-state index contributed by atoms with van der Waals surface area (Å²) in [6.07, 6.45) is 0. The van der Waals surface area contributed by atoms with E-state index in [1.54, 1.807) is 50.4 Å². The maximum Gasteiger partial charge on any atom is 0.324 e. The van der Waals surface area contributed by atoms with E-state index in [9.17, 15) is 14.4 Å². The number of hydrogen-bond donors (Lipinski definition) is 1. The number of methoxy groups -OCH3 is 2. The van der Waals surface area contributed by atoms with Gasteiger partial charge in [0.15, 0.2) is 5.78 Å². The number of Topliss-reactive ketones (excluding diaryl/α,β-unsaturated/α-hetero) is 1. The van der Waals surface area contributed by atoms with Crippen LogP contribution < -0.4 is 10.1 Å². The molecule has 0 saturated heterocycles. The minimum Gasteiger partial charge on any atom is -0.497 e. The van der Waals surface area contributed by atoms with E-state index in [0.29, 0.717) is 11.3 Å². The van der Waals surface area contributed by atoms with Crippen molar-refractivity contribution in [2.24, 2.45) is 5.92 Å². The van der Waals surface area contributed by atoms with Crippen molar-refractivity contribution in [3.05, 3.63) is 63.2 Å². The van der Waals surface area contributed by atoms with Gasteiger partial charge in [-0.1, -0.05) is 24.3 Å². The molecule has 0 spiro atoms. The van der Waals surface area contributed by atoms with Crippen LogP contribution in [0.5, 0.6) is 5.75 Å². The summed E-state index contributed by atoms with van der Waals surface area (Å²) in [5, 5.41) is 2.99. The van der Waals surface area contributed by atoms with Gasteiger partial charge < -0.3 is 14.2 Å². The summed E-state index contributed by atoms with van der Waals surface area (Å²) < 4.78 is 16.1. The Kier molecular flexibility index (Phi) is 9.25. The van der Waals surface area contributed by atoms with Gasteiger partial charge in [-0.3, -0.25) is 19.7 Å². The molecule has 30 heavy (non-hydrogen) atoms. The fraction of sp³-hybridized carbons (Fsp3) is 0.318. The molecule has 0 heterocycles. The minimum atomic E-state index is -1.38. The Bertz CT molecular complexity index is 866. The smallest absolute Gasteiger partial charge is 0.324 e. The third-order valence-electron chi connectivity index (χ3n) is 4.43. The lowest BCUT2D eigenvalue weighted by Gasteiger charge is -2.24. The average molecular weight is 525 g/mol. The van der Waals surface area contributed by atoms with E-state index in [1.807, 2.05) is 12.1 Å². The summed E-state index contributed by atoms with van der Waals surface area (Å²) in [5.74, 6) is -2.70. The van der Waals surface area contributed by atoms with E-state index in [4.69, 9.17) is 14.2 Å². The topological polar surface area (TPSA) is 90.9 Å². The molecule has 0 saturated carbocycles. The molecule has 2 rings (SSSR count). The number of nitrogens with one attached hydrogen (secondary N) is 1. The number of rotatable bonds is 10. The zero-order chi connectivity index (χ0) is 22.1. The van der Waals surface area contributed by atoms with Gasteiger partial charge in [-0.05, 0) is 59.3 Å². The third-order valence-corrected chi connectivity index (χ3v) is 5.14. The number of esters is 2. The molecule has 1 N–H and O–H groups in total. The van der Waals surface area contributed by atoms with Gasteiger partial charge in [-0.2, -0.15) is 0 Å². The summed E-state index contributed by atoms with van der Waals surface area (Å²) in [4.78, 5) is 38.3. The molecule has 2 atom stereocenters. The highest BCUT2D eigenvalue weighted by molar-refractivity contribution is 14.1. The molecule has 0 fully saturated rings. The summed E-state index contributed by atoms with van der Waals surface area (Å²) in [6, 6.07) is 12.8. The Hall–Kier alpha value is -2.46. The van der Waals surface area contributed by atoms with E-state index in [1.165, 1.54) is 7.11 Å². The zero-order valence-electron chi connectivity index (χ0n) is 17.0. The number of ketones is 1. The van der Waals surface area contributed by atoms with Crippen LogP contribution in [-0.4, -0.2) is 44.6 Å². The van der Waals surface area contributed by atoms with E-state index < -0.39 is 29.7 Å². The summed E-state index contributed by atoms with van der Waals surface area (Å²) in [7, 11) is 2.78. The monoisotopic (exact) mass is 525 g/mol. The molecule has 0 aliphatic heterocycles. The van der Waals surface area contributed by atoms with Gasteiger partial charge in [0.25, 0.3) is 0 Å². The van der Waals surface area contributed by atoms with Crippen LogP contribution in [0.25, 0.3) is 0 Å². The second-order valence-corrected chi connectivity index (χ2v) is 7.58. The second kappa shape index (κ2) is 11.7. The molecule has 2 unspecified atom stereocenters. The number of carbonyl (C=O) groups is 3. The average Bonchev–Trinajstić information content (AvgIpc) is 2.76.